The number of anilines is 6. The fourth-order valence-electron chi connectivity index (χ4n) is 24.4. The second kappa shape index (κ2) is 33.0. The lowest BCUT2D eigenvalue weighted by Gasteiger charge is -2.46. The minimum Gasteiger partial charge on any atom is -0.456 e. The van der Waals surface area contributed by atoms with Crippen LogP contribution in [0.15, 0.2) is 373 Å². The molecule has 0 atom stereocenters. The van der Waals surface area contributed by atoms with Crippen LogP contribution in [0.3, 0.4) is 0 Å². The Hall–Kier alpha value is -16.0. The van der Waals surface area contributed by atoms with Gasteiger partial charge in [-0.05, 0) is 291 Å². The van der Waals surface area contributed by atoms with Crippen molar-refractivity contribution in [2.75, 3.05) is 9.80 Å². The molecular weight excluding hydrogens is 1850 g/mol. The predicted molar refractivity (Wildman–Crippen MR) is 639 cm³/mol. The Morgan fingerprint density at radius 2 is 0.597 bits per heavy atom. The fourth-order valence-corrected chi connectivity index (χ4v) is 26.7. The summed E-state index contributed by atoms with van der Waals surface area (Å²) < 4.78 is 24.5. The monoisotopic (exact) mass is 1960 g/mol. The Morgan fingerprint density at radius 3 is 1.05 bits per heavy atom. The summed E-state index contributed by atoms with van der Waals surface area (Å²) in [6.07, 6.45) is 0. The van der Waals surface area contributed by atoms with E-state index in [-0.39, 0.29) is 27.1 Å². The molecule has 0 saturated heterocycles. The van der Waals surface area contributed by atoms with Crippen LogP contribution in [0.1, 0.15) is 164 Å². The van der Waals surface area contributed by atoms with E-state index in [1.165, 1.54) is 78.9 Å². The number of hydrogen-bond donors (Lipinski definition) is 0. The van der Waals surface area contributed by atoms with Crippen LogP contribution in [0.4, 0.5) is 34.1 Å². The van der Waals surface area contributed by atoms with Crippen molar-refractivity contribution < 1.29 is 8.83 Å². The van der Waals surface area contributed by atoms with Gasteiger partial charge in [-0.2, -0.15) is 5.26 Å². The van der Waals surface area contributed by atoms with E-state index in [4.69, 9.17) is 8.83 Å². The molecule has 149 heavy (non-hydrogen) atoms. The van der Waals surface area contributed by atoms with Gasteiger partial charge in [-0.25, -0.2) is 0 Å². The van der Waals surface area contributed by atoms with Crippen molar-refractivity contribution >= 4 is 208 Å². The number of fused-ring (bicyclic) bond motifs is 22. The van der Waals surface area contributed by atoms with E-state index in [0.717, 1.165) is 211 Å². The molecule has 0 radical (unpaired) electrons. The maximum absolute atomic E-state index is 11.1. The highest BCUT2D eigenvalue weighted by molar-refractivity contribution is 7.26. The molecule has 6 aromatic heterocycles. The third-order valence-corrected chi connectivity index (χ3v) is 34.5. The Balaban J connectivity index is 0.896. The van der Waals surface area contributed by atoms with Gasteiger partial charge in [-0.1, -0.05) is 325 Å². The van der Waals surface area contributed by atoms with Gasteiger partial charge in [0.25, 0.3) is 6.71 Å². The number of furan rings is 2. The molecule has 25 aromatic rings. The normalized spacial score (nSPS) is 13.3. The molecule has 0 spiro atoms. The van der Waals surface area contributed by atoms with Crippen LogP contribution in [0.25, 0.3) is 206 Å². The van der Waals surface area contributed by atoms with Crippen LogP contribution >= 0.6 is 22.7 Å². The first-order valence-electron chi connectivity index (χ1n) is 52.5. The SMILES string of the molecule is CC(C)(C)c1cc(-c2ccccc2)cc(-c2ccc3c(c2)N(c2c(-c4cccc5sc6ccccc6c45)cc(C(C)(C)C)cc2-c2cccc4sc5ccccc5c24)c2cc(-n4c5ccc(C(C)(C)C)cc5c5cc(C(C)(C)C)ccc54)cc4c2B3c2ccc(-n3c5ccc(C#N)cc5c5cc(C(C)(C)C)ccc53)cc2N4c2c(-c3cccc4oc5ccccc5c34)cc(C(C)(C)C)cc2-c2cccc3oc4ccccc4c23)c1. The maximum Gasteiger partial charge on any atom is 0.252 e. The van der Waals surface area contributed by atoms with Crippen molar-refractivity contribution in [1.82, 2.24) is 9.13 Å². The topological polar surface area (TPSA) is 66.4 Å². The third-order valence-electron chi connectivity index (χ3n) is 32.2. The zero-order valence-corrected chi connectivity index (χ0v) is 89.2. The van der Waals surface area contributed by atoms with Crippen molar-refractivity contribution in [2.45, 2.75) is 157 Å². The first kappa shape index (κ1) is 91.6. The predicted octanol–water partition coefficient (Wildman–Crippen LogP) is 38.2. The summed E-state index contributed by atoms with van der Waals surface area (Å²) in [6.45, 7) is 42.0. The number of nitriles is 1. The van der Waals surface area contributed by atoms with Gasteiger partial charge in [0.15, 0.2) is 0 Å². The second-order valence-electron chi connectivity index (χ2n) is 47.8. The van der Waals surface area contributed by atoms with Crippen LogP contribution in [-0.4, -0.2) is 15.8 Å². The van der Waals surface area contributed by atoms with Gasteiger partial charge in [0.2, 0.25) is 0 Å². The van der Waals surface area contributed by atoms with Gasteiger partial charge in [0, 0.05) is 134 Å². The van der Waals surface area contributed by atoms with Gasteiger partial charge in [0.05, 0.1) is 50.8 Å². The molecule has 10 heteroatoms. The molecule has 0 unspecified atom stereocenters. The molecule has 2 aliphatic rings. The van der Waals surface area contributed by atoms with Crippen molar-refractivity contribution in [2.24, 2.45) is 0 Å². The van der Waals surface area contributed by atoms with E-state index < -0.39 is 12.1 Å². The van der Waals surface area contributed by atoms with Crippen LogP contribution in [0, 0.1) is 11.3 Å². The zero-order valence-electron chi connectivity index (χ0n) is 87.6. The molecule has 0 aliphatic carbocycles. The highest BCUT2D eigenvalue weighted by Crippen LogP contribution is 2.61. The van der Waals surface area contributed by atoms with Crippen molar-refractivity contribution in [3.8, 4) is 84.2 Å². The third kappa shape index (κ3) is 14.5. The smallest absolute Gasteiger partial charge is 0.252 e. The lowest BCUT2D eigenvalue weighted by atomic mass is 9.33. The zero-order chi connectivity index (χ0) is 102. The summed E-state index contributed by atoms with van der Waals surface area (Å²) in [5, 5.41) is 24.6. The quantitative estimate of drug-likeness (QED) is 0.128. The van der Waals surface area contributed by atoms with Crippen molar-refractivity contribution in [3.63, 3.8) is 0 Å². The van der Waals surface area contributed by atoms with Crippen LogP contribution in [0.2, 0.25) is 0 Å². The largest absolute Gasteiger partial charge is 0.456 e. The van der Waals surface area contributed by atoms with Crippen LogP contribution in [0.5, 0.6) is 0 Å². The molecule has 0 bridgehead atoms. The standard InChI is InChI=1S/C139H114BN5O2S2/c1-134(2,3)85-54-61-112-102(69-85)101-64-80(79-141)52-60-111(101)142(112)91-57-59-110-116(76-91)145(132-105(93-40-30-46-121-127(93)97-36-22-26-44-119(97)146-121)72-89(138(13,14)15)73-106(132)94-41-31-47-122-128(94)98-37-23-27-45-120(98)147-122)118-78-92(143-113-62-55-86(135(4,5)6)70-103(113)104-71-87(136(7,8)9)56-63-114(104)143)77-117-131(118)140(110)109-58-53-82(84-65-83(81-34-20-19-21-35-81)66-88(67-84)137(10,11)12)68-115(109)144(117)133-107(95-42-32-50-125-129(95)99-38-24-28-48-123(99)148-125)74-90(139(16,17)18)75-108(133)96-43-33-51-126-130(96)100-39-25-29-49-124(100)149-126/h19-78H,1-18H3. The van der Waals surface area contributed by atoms with E-state index in [0.29, 0.717) is 5.56 Å². The van der Waals surface area contributed by atoms with Crippen molar-refractivity contribution in [3.05, 3.63) is 403 Å². The molecule has 0 fully saturated rings. The van der Waals surface area contributed by atoms with E-state index >= 15 is 0 Å². The summed E-state index contributed by atoms with van der Waals surface area (Å²) in [5.74, 6) is 0. The lowest BCUT2D eigenvalue weighted by molar-refractivity contribution is 0.590. The number of benzene rings is 19. The molecule has 0 amide bonds. The molecule has 2 aliphatic heterocycles. The molecule has 0 N–H and O–H groups in total. The maximum atomic E-state index is 11.1. The van der Waals surface area contributed by atoms with Crippen molar-refractivity contribution in [1.29, 1.82) is 5.26 Å². The highest BCUT2D eigenvalue weighted by atomic mass is 32.1. The molecule has 8 heterocycles. The molecular formula is C139H114BN5O2S2. The number of para-hydroxylation sites is 2. The summed E-state index contributed by atoms with van der Waals surface area (Å²) in [7, 11) is 0. The molecule has 0 saturated carbocycles. The highest BCUT2D eigenvalue weighted by Gasteiger charge is 2.48. The van der Waals surface area contributed by atoms with Crippen LogP contribution < -0.4 is 26.2 Å². The first-order chi connectivity index (χ1) is 71.6. The molecule has 7 nitrogen and oxygen atoms in total. The van der Waals surface area contributed by atoms with E-state index in [2.05, 4.69) is 508 Å². The Labute approximate surface area is 878 Å². The van der Waals surface area contributed by atoms with E-state index in [1.54, 1.807) is 0 Å². The summed E-state index contributed by atoms with van der Waals surface area (Å²) in [6, 6.07) is 143. The summed E-state index contributed by atoms with van der Waals surface area (Å²) in [5.41, 5.74) is 38.6. The first-order valence-corrected chi connectivity index (χ1v) is 54.1. The Kier molecular flexibility index (Phi) is 20.3. The summed E-state index contributed by atoms with van der Waals surface area (Å²) in [4.78, 5) is 5.62. The number of rotatable bonds is 10. The van der Waals surface area contributed by atoms with Gasteiger partial charge in [0.1, 0.15) is 22.3 Å². The average molecular weight is 1960 g/mol. The van der Waals surface area contributed by atoms with Gasteiger partial charge < -0.3 is 27.8 Å². The number of aromatic nitrogens is 2. The summed E-state index contributed by atoms with van der Waals surface area (Å²) >= 11 is 3.76. The molecule has 19 aromatic carbocycles. The lowest BCUT2D eigenvalue weighted by Crippen LogP contribution is -2.61. The Bertz CT molecular complexity index is 9750. The fraction of sp³-hybridized carbons (Fsp3) is 0.173. The molecule has 722 valence electrons. The minimum atomic E-state index is -0.486. The average Bonchev–Trinajstić information content (AvgIpc) is 1.41. The second-order valence-corrected chi connectivity index (χ2v) is 50.0. The number of hydrogen-bond acceptors (Lipinski definition) is 7. The van der Waals surface area contributed by atoms with Gasteiger partial charge in [-0.15, -0.1) is 22.7 Å². The number of nitrogens with zero attached hydrogens (tertiary/aromatic N) is 5. The Morgan fingerprint density at radius 1 is 0.242 bits per heavy atom. The van der Waals surface area contributed by atoms with Crippen LogP contribution in [-0.2, 0) is 32.5 Å². The molecule has 27 rings (SSSR count). The van der Waals surface area contributed by atoms with E-state index in [9.17, 15) is 5.26 Å². The minimum absolute atomic E-state index is 0.192. The van der Waals surface area contributed by atoms with Gasteiger partial charge >= 0.3 is 0 Å². The van der Waals surface area contributed by atoms with Gasteiger partial charge in [-0.3, -0.25) is 0 Å². The van der Waals surface area contributed by atoms with E-state index in [1.807, 2.05) is 28.7 Å². The number of thiophene rings is 2.